The molecule has 2 heterocycles. The van der Waals surface area contributed by atoms with E-state index in [2.05, 4.69) is 45.7 Å². The fourth-order valence-electron chi connectivity index (χ4n) is 3.89. The zero-order valence-electron chi connectivity index (χ0n) is 16.4. The van der Waals surface area contributed by atoms with Gasteiger partial charge in [-0.1, -0.05) is 48.5 Å². The molecule has 2 aromatic carbocycles. The number of aromatic amines is 1. The molecule has 146 valence electrons. The molecule has 2 N–H and O–H groups in total. The number of hydrogen-bond donors (Lipinski definition) is 2. The van der Waals surface area contributed by atoms with Gasteiger partial charge in [0.15, 0.2) is 0 Å². The molecule has 0 radical (unpaired) electrons. The molecule has 0 spiro atoms. The van der Waals surface area contributed by atoms with E-state index in [1.54, 1.807) is 0 Å². The molecule has 1 aromatic heterocycles. The zero-order valence-corrected chi connectivity index (χ0v) is 16.4. The Morgan fingerprint density at radius 1 is 1.04 bits per heavy atom. The summed E-state index contributed by atoms with van der Waals surface area (Å²) in [5.41, 5.74) is 3.70. The summed E-state index contributed by atoms with van der Waals surface area (Å²) in [6.45, 7) is 6.47. The minimum Gasteiger partial charge on any atom is -0.361 e. The van der Waals surface area contributed by atoms with Crippen LogP contribution in [0.3, 0.4) is 0 Å². The number of fused-ring (bicyclic) bond motifs is 1. The topological polar surface area (TPSA) is 51.4 Å². The number of urea groups is 1. The molecule has 1 aliphatic heterocycles. The molecule has 5 heteroatoms. The lowest BCUT2D eigenvalue weighted by atomic mass is 10.1. The van der Waals surface area contributed by atoms with Crippen LogP contribution in [0.15, 0.2) is 60.8 Å². The Balaban J connectivity index is 1.24. The molecule has 2 amide bonds. The van der Waals surface area contributed by atoms with Crippen molar-refractivity contribution in [3.8, 4) is 0 Å². The molecule has 4 rings (SSSR count). The van der Waals surface area contributed by atoms with Gasteiger partial charge in [-0.3, -0.25) is 4.90 Å². The fraction of sp³-hybridized carbons (Fsp3) is 0.348. The third kappa shape index (κ3) is 4.20. The van der Waals surface area contributed by atoms with Gasteiger partial charge in [-0.05, 0) is 30.5 Å². The van der Waals surface area contributed by atoms with Crippen LogP contribution < -0.4 is 5.32 Å². The van der Waals surface area contributed by atoms with Gasteiger partial charge in [-0.2, -0.15) is 0 Å². The van der Waals surface area contributed by atoms with Crippen molar-refractivity contribution in [2.45, 2.75) is 19.4 Å². The van der Waals surface area contributed by atoms with Gasteiger partial charge in [0.2, 0.25) is 0 Å². The van der Waals surface area contributed by atoms with Gasteiger partial charge in [-0.15, -0.1) is 0 Å². The van der Waals surface area contributed by atoms with E-state index < -0.39 is 0 Å². The number of piperazine rings is 1. The van der Waals surface area contributed by atoms with Crippen LogP contribution in [0.1, 0.15) is 24.1 Å². The summed E-state index contributed by atoms with van der Waals surface area (Å²) in [7, 11) is 0. The fourth-order valence-corrected chi connectivity index (χ4v) is 3.89. The Bertz CT molecular complexity index is 913. The summed E-state index contributed by atoms with van der Waals surface area (Å²) in [5.74, 6) is 0. The Kier molecular flexibility index (Phi) is 5.63. The first-order chi connectivity index (χ1) is 13.7. The van der Waals surface area contributed by atoms with Crippen LogP contribution in [0.2, 0.25) is 0 Å². The maximum absolute atomic E-state index is 12.6. The minimum atomic E-state index is 0.0219. The highest BCUT2D eigenvalue weighted by Gasteiger charge is 2.22. The van der Waals surface area contributed by atoms with Crippen LogP contribution in [0.25, 0.3) is 10.9 Å². The van der Waals surface area contributed by atoms with Crippen molar-refractivity contribution in [3.63, 3.8) is 0 Å². The van der Waals surface area contributed by atoms with Crippen molar-refractivity contribution in [2.24, 2.45) is 0 Å². The summed E-state index contributed by atoms with van der Waals surface area (Å²) in [4.78, 5) is 20.3. The molecule has 0 saturated carbocycles. The second kappa shape index (κ2) is 8.48. The van der Waals surface area contributed by atoms with E-state index in [0.717, 1.165) is 44.7 Å². The van der Waals surface area contributed by atoms with Crippen molar-refractivity contribution >= 4 is 16.9 Å². The first-order valence-electron chi connectivity index (χ1n) is 10.1. The van der Waals surface area contributed by atoms with Gasteiger partial charge < -0.3 is 15.2 Å². The van der Waals surface area contributed by atoms with Crippen molar-refractivity contribution in [2.75, 3.05) is 32.7 Å². The molecular weight excluding hydrogens is 348 g/mol. The van der Waals surface area contributed by atoms with Gasteiger partial charge in [0.1, 0.15) is 0 Å². The van der Waals surface area contributed by atoms with Crippen LogP contribution >= 0.6 is 0 Å². The molecule has 0 aliphatic carbocycles. The number of amides is 2. The Morgan fingerprint density at radius 2 is 1.75 bits per heavy atom. The maximum atomic E-state index is 12.6. The number of hydrogen-bond acceptors (Lipinski definition) is 2. The highest BCUT2D eigenvalue weighted by atomic mass is 16.2. The number of H-pyrrole nitrogens is 1. The second-order valence-corrected chi connectivity index (χ2v) is 7.52. The Morgan fingerprint density at radius 3 is 2.54 bits per heavy atom. The van der Waals surface area contributed by atoms with Crippen LogP contribution in [-0.4, -0.2) is 53.5 Å². The molecule has 3 aromatic rings. The number of nitrogens with zero attached hydrogens (tertiary/aromatic N) is 2. The van der Waals surface area contributed by atoms with E-state index in [1.165, 1.54) is 16.5 Å². The minimum absolute atomic E-state index is 0.0219. The van der Waals surface area contributed by atoms with E-state index in [-0.39, 0.29) is 12.1 Å². The van der Waals surface area contributed by atoms with Gasteiger partial charge >= 0.3 is 6.03 Å². The summed E-state index contributed by atoms with van der Waals surface area (Å²) in [5, 5.41) is 4.43. The average molecular weight is 377 g/mol. The molecule has 1 atom stereocenters. The summed E-state index contributed by atoms with van der Waals surface area (Å²) >= 11 is 0. The van der Waals surface area contributed by atoms with Crippen LogP contribution in [-0.2, 0) is 6.42 Å². The van der Waals surface area contributed by atoms with Crippen LogP contribution in [0, 0.1) is 0 Å². The standard InChI is InChI=1S/C23H28N4O/c1-18(19-7-3-2-4-8-19)25-23(28)27-15-13-26(14-16-27)12-11-20-17-24-22-10-6-5-9-21(20)22/h2-10,17-18,24H,11-16H2,1H3,(H,25,28). The molecule has 1 aliphatic rings. The quantitative estimate of drug-likeness (QED) is 0.712. The van der Waals surface area contributed by atoms with E-state index in [0.29, 0.717) is 0 Å². The summed E-state index contributed by atoms with van der Waals surface area (Å²) < 4.78 is 0. The highest BCUT2D eigenvalue weighted by molar-refractivity contribution is 5.83. The number of benzene rings is 2. The van der Waals surface area contributed by atoms with Crippen LogP contribution in [0.4, 0.5) is 4.79 Å². The van der Waals surface area contributed by atoms with E-state index in [1.807, 2.05) is 42.2 Å². The number of rotatable bonds is 5. The van der Waals surface area contributed by atoms with Crippen molar-refractivity contribution < 1.29 is 4.79 Å². The molecule has 5 nitrogen and oxygen atoms in total. The molecule has 0 bridgehead atoms. The van der Waals surface area contributed by atoms with E-state index in [9.17, 15) is 4.79 Å². The number of carbonyl (C=O) groups is 1. The van der Waals surface area contributed by atoms with Gasteiger partial charge in [0.05, 0.1) is 6.04 Å². The predicted octanol–water partition coefficient (Wildman–Crippen LogP) is 3.80. The third-order valence-corrected chi connectivity index (χ3v) is 5.67. The average Bonchev–Trinajstić information content (AvgIpc) is 3.16. The molecular formula is C23H28N4O. The lowest BCUT2D eigenvalue weighted by Crippen LogP contribution is -2.52. The normalized spacial score (nSPS) is 16.2. The summed E-state index contributed by atoms with van der Waals surface area (Å²) in [6, 6.07) is 18.6. The van der Waals surface area contributed by atoms with Gasteiger partial charge in [-0.25, -0.2) is 4.79 Å². The predicted molar refractivity (Wildman–Crippen MR) is 113 cm³/mol. The lowest BCUT2D eigenvalue weighted by Gasteiger charge is -2.35. The van der Waals surface area contributed by atoms with Crippen molar-refractivity contribution in [1.82, 2.24) is 20.1 Å². The monoisotopic (exact) mass is 376 g/mol. The Hall–Kier alpha value is -2.79. The maximum Gasteiger partial charge on any atom is 0.317 e. The zero-order chi connectivity index (χ0) is 19.3. The smallest absolute Gasteiger partial charge is 0.317 e. The number of aromatic nitrogens is 1. The first-order valence-corrected chi connectivity index (χ1v) is 10.1. The SMILES string of the molecule is CC(NC(=O)N1CCN(CCc2c[nH]c3ccccc23)CC1)c1ccccc1. The van der Waals surface area contributed by atoms with Gasteiger partial charge in [0, 0.05) is 49.8 Å². The molecule has 1 fully saturated rings. The first kappa shape index (κ1) is 18.6. The number of para-hydroxylation sites is 1. The second-order valence-electron chi connectivity index (χ2n) is 7.52. The van der Waals surface area contributed by atoms with Crippen LogP contribution in [0.5, 0.6) is 0 Å². The van der Waals surface area contributed by atoms with E-state index in [4.69, 9.17) is 0 Å². The van der Waals surface area contributed by atoms with E-state index >= 15 is 0 Å². The Labute approximate surface area is 166 Å². The third-order valence-electron chi connectivity index (χ3n) is 5.67. The highest BCUT2D eigenvalue weighted by Crippen LogP contribution is 2.18. The lowest BCUT2D eigenvalue weighted by molar-refractivity contribution is 0.138. The molecule has 1 unspecified atom stereocenters. The molecule has 28 heavy (non-hydrogen) atoms. The van der Waals surface area contributed by atoms with Crippen molar-refractivity contribution in [3.05, 3.63) is 71.9 Å². The largest absolute Gasteiger partial charge is 0.361 e. The van der Waals surface area contributed by atoms with Gasteiger partial charge in [0.25, 0.3) is 0 Å². The van der Waals surface area contributed by atoms with Crippen molar-refractivity contribution in [1.29, 1.82) is 0 Å². The number of carbonyl (C=O) groups excluding carboxylic acids is 1. The number of nitrogens with one attached hydrogen (secondary N) is 2. The molecule has 1 saturated heterocycles. The summed E-state index contributed by atoms with van der Waals surface area (Å²) in [6.07, 6.45) is 3.15.